The maximum atomic E-state index is 11.9. The molecule has 9 heteroatoms. The van der Waals surface area contributed by atoms with Crippen molar-refractivity contribution in [2.24, 2.45) is 0 Å². The second-order valence-corrected chi connectivity index (χ2v) is 6.28. The minimum Gasteiger partial charge on any atom is -0.459 e. The first kappa shape index (κ1) is 17.1. The molecule has 0 bridgehead atoms. The van der Waals surface area contributed by atoms with Gasteiger partial charge in [0.05, 0.1) is 17.0 Å². The Hall–Kier alpha value is -1.74. The molecule has 1 aliphatic rings. The van der Waals surface area contributed by atoms with Gasteiger partial charge >= 0.3 is 11.7 Å². The molecule has 2 heterocycles. The summed E-state index contributed by atoms with van der Waals surface area (Å²) in [4.78, 5) is 48.6. The summed E-state index contributed by atoms with van der Waals surface area (Å²) in [5.74, 6) is -0.566. The van der Waals surface area contributed by atoms with Gasteiger partial charge in [0.25, 0.3) is 5.56 Å². The Labute approximate surface area is 147 Å². The van der Waals surface area contributed by atoms with Crippen LogP contribution >= 0.6 is 15.9 Å². The second kappa shape index (κ2) is 7.89. The van der Waals surface area contributed by atoms with Crippen LogP contribution in [-0.2, 0) is 19.1 Å². The van der Waals surface area contributed by atoms with Crippen molar-refractivity contribution in [3.05, 3.63) is 31.5 Å². The third-order valence-electron chi connectivity index (χ3n) is 3.70. The molecule has 1 aromatic heterocycles. The van der Waals surface area contributed by atoms with Gasteiger partial charge in [0.2, 0.25) is 0 Å². The van der Waals surface area contributed by atoms with E-state index in [4.69, 9.17) is 10.8 Å². The molecule has 1 fully saturated rings. The molecule has 132 valence electrons. The Balaban J connectivity index is 2.06. The average molecular weight is 404 g/mol. The van der Waals surface area contributed by atoms with Crippen molar-refractivity contribution in [2.75, 3.05) is 0 Å². The number of rotatable bonds is 6. The highest BCUT2D eigenvalue weighted by Crippen LogP contribution is 2.30. The number of ketones is 1. The number of Topliss-reactive ketones (excluding diaryl/α,β-unsaturated/α-hetero) is 1. The summed E-state index contributed by atoms with van der Waals surface area (Å²) in [5.41, 5.74) is -1.21. The van der Waals surface area contributed by atoms with E-state index in [0.29, 0.717) is 6.42 Å². The van der Waals surface area contributed by atoms with Crippen LogP contribution in [0.5, 0.6) is 0 Å². The van der Waals surface area contributed by atoms with Crippen LogP contribution < -0.4 is 11.2 Å². The number of carbonyl (C=O) groups is 2. The van der Waals surface area contributed by atoms with E-state index in [2.05, 4.69) is 20.9 Å². The molecule has 1 aromatic rings. The molecule has 1 aliphatic heterocycles. The molecular weight excluding hydrogens is 384 g/mol. The first-order valence-electron chi connectivity index (χ1n) is 8.23. The summed E-state index contributed by atoms with van der Waals surface area (Å²) >= 11 is 3.04. The average Bonchev–Trinajstić information content (AvgIpc) is 2.98. The number of nitrogens with zero attached hydrogens (tertiary/aromatic N) is 1. The van der Waals surface area contributed by atoms with E-state index >= 15 is 0 Å². The molecule has 0 spiro atoms. The van der Waals surface area contributed by atoms with Gasteiger partial charge in [-0.05, 0) is 22.8 Å². The van der Waals surface area contributed by atoms with E-state index in [1.165, 1.54) is 10.8 Å². The Morgan fingerprint density at radius 1 is 1.50 bits per heavy atom. The smallest absolute Gasteiger partial charge is 0.330 e. The van der Waals surface area contributed by atoms with Crippen LogP contribution in [0.4, 0.5) is 0 Å². The molecular formula is C15H19BrN2O6. The first-order valence-corrected chi connectivity index (χ1v) is 8.31. The molecule has 2 rings (SSSR count). The topological polar surface area (TPSA) is 107 Å². The highest BCUT2D eigenvalue weighted by Gasteiger charge is 2.36. The zero-order valence-corrected chi connectivity index (χ0v) is 14.7. The molecule has 3 atom stereocenters. The zero-order chi connectivity index (χ0) is 18.6. The van der Waals surface area contributed by atoms with Gasteiger partial charge in [-0.15, -0.1) is 0 Å². The minimum atomic E-state index is -0.758. The first-order chi connectivity index (χ1) is 11.8. The van der Waals surface area contributed by atoms with Crippen LogP contribution in [0.3, 0.4) is 0 Å². The van der Waals surface area contributed by atoms with Gasteiger partial charge in [-0.1, -0.05) is 6.92 Å². The van der Waals surface area contributed by atoms with Gasteiger partial charge in [0.1, 0.15) is 18.1 Å². The molecule has 0 aliphatic carbocycles. The standard InChI is InChI=1S/C15H19BrN2O6/c1-3-9(19)4-5-13(20)24-11-6-12(23-8(11)2)18-7-10(16)14(21)17-15(18)22/h7-8,11-12H,3-6H2,1-2H3,(H,17,21,22)/i2D. The normalized spacial score (nSPS) is 23.8. The van der Waals surface area contributed by atoms with E-state index < -0.39 is 35.7 Å². The molecule has 0 saturated carbocycles. The second-order valence-electron chi connectivity index (χ2n) is 5.43. The fourth-order valence-electron chi connectivity index (χ4n) is 2.32. The number of carbonyl (C=O) groups excluding carboxylic acids is 2. The zero-order valence-electron chi connectivity index (χ0n) is 14.1. The molecule has 0 aromatic carbocycles. The van der Waals surface area contributed by atoms with Crippen LogP contribution in [0.15, 0.2) is 20.3 Å². The lowest BCUT2D eigenvalue weighted by atomic mass is 10.1. The quantitative estimate of drug-likeness (QED) is 0.716. The monoisotopic (exact) mass is 403 g/mol. The van der Waals surface area contributed by atoms with Crippen molar-refractivity contribution >= 4 is 27.7 Å². The minimum absolute atomic E-state index is 0.0251. The van der Waals surface area contributed by atoms with E-state index in [1.54, 1.807) is 6.92 Å². The summed E-state index contributed by atoms with van der Waals surface area (Å²) in [5, 5.41) is 0. The maximum Gasteiger partial charge on any atom is 0.330 e. The van der Waals surface area contributed by atoms with Gasteiger partial charge in [-0.25, -0.2) is 4.79 Å². The number of nitrogens with one attached hydrogen (secondary N) is 1. The number of esters is 1. The SMILES string of the molecule is [2H]CC1OC(n2cc(Br)c(=O)[nH]c2=O)CC1OC(=O)CCC(=O)CC. The number of halogens is 1. The number of hydrogen-bond donors (Lipinski definition) is 1. The molecule has 1 N–H and O–H groups in total. The van der Waals surface area contributed by atoms with Gasteiger partial charge in [-0.2, -0.15) is 0 Å². The third kappa shape index (κ3) is 4.41. The van der Waals surface area contributed by atoms with Gasteiger partial charge < -0.3 is 9.47 Å². The van der Waals surface area contributed by atoms with Crippen molar-refractivity contribution in [2.45, 2.75) is 57.9 Å². The summed E-state index contributed by atoms with van der Waals surface area (Å²) in [6, 6.07) is 0. The summed E-state index contributed by atoms with van der Waals surface area (Å²) in [6.07, 6.45) is -0.204. The van der Waals surface area contributed by atoms with E-state index in [-0.39, 0.29) is 36.4 Å². The van der Waals surface area contributed by atoms with Gasteiger partial charge in [0, 0.05) is 26.8 Å². The fourth-order valence-corrected chi connectivity index (χ4v) is 2.64. The molecule has 24 heavy (non-hydrogen) atoms. The van der Waals surface area contributed by atoms with Crippen molar-refractivity contribution < 1.29 is 20.4 Å². The van der Waals surface area contributed by atoms with Crippen molar-refractivity contribution in [3.8, 4) is 0 Å². The number of H-pyrrole nitrogens is 1. The highest BCUT2D eigenvalue weighted by molar-refractivity contribution is 9.10. The maximum absolute atomic E-state index is 11.9. The summed E-state index contributed by atoms with van der Waals surface area (Å²) in [7, 11) is 0. The molecule has 0 radical (unpaired) electrons. The summed E-state index contributed by atoms with van der Waals surface area (Å²) in [6.45, 7) is 1.57. The molecule has 8 nitrogen and oxygen atoms in total. The summed E-state index contributed by atoms with van der Waals surface area (Å²) < 4.78 is 19.8. The van der Waals surface area contributed by atoms with E-state index in [0.717, 1.165) is 0 Å². The predicted octanol–water partition coefficient (Wildman–Crippen LogP) is 1.28. The van der Waals surface area contributed by atoms with Crippen LogP contribution in [0.2, 0.25) is 0 Å². The van der Waals surface area contributed by atoms with Crippen LogP contribution in [0.1, 0.15) is 47.1 Å². The number of aromatic amines is 1. The third-order valence-corrected chi connectivity index (χ3v) is 4.27. The Morgan fingerprint density at radius 2 is 2.25 bits per heavy atom. The van der Waals surface area contributed by atoms with Gasteiger partial charge in [-0.3, -0.25) is 23.9 Å². The largest absolute Gasteiger partial charge is 0.459 e. The number of hydrogen-bond acceptors (Lipinski definition) is 6. The van der Waals surface area contributed by atoms with Crippen LogP contribution in [-0.4, -0.2) is 33.5 Å². The highest BCUT2D eigenvalue weighted by atomic mass is 79.9. The Kier molecular flexibility index (Phi) is 5.62. The molecule has 0 amide bonds. The Morgan fingerprint density at radius 3 is 2.92 bits per heavy atom. The number of ether oxygens (including phenoxy) is 2. The van der Waals surface area contributed by atoms with E-state index in [1.807, 2.05) is 0 Å². The Bertz CT molecular complexity index is 761. The fraction of sp³-hybridized carbons (Fsp3) is 0.600. The lowest BCUT2D eigenvalue weighted by molar-refractivity contribution is -0.152. The van der Waals surface area contributed by atoms with Crippen molar-refractivity contribution in [1.29, 1.82) is 0 Å². The van der Waals surface area contributed by atoms with Crippen molar-refractivity contribution in [3.63, 3.8) is 0 Å². The molecule has 3 unspecified atom stereocenters. The van der Waals surface area contributed by atoms with Crippen molar-refractivity contribution in [1.82, 2.24) is 9.55 Å². The van der Waals surface area contributed by atoms with Gasteiger partial charge in [0.15, 0.2) is 0 Å². The lowest BCUT2D eigenvalue weighted by Crippen LogP contribution is -2.32. The van der Waals surface area contributed by atoms with Crippen LogP contribution in [0, 0.1) is 0 Å². The molecule has 1 saturated heterocycles. The van der Waals surface area contributed by atoms with E-state index in [9.17, 15) is 19.2 Å². The predicted molar refractivity (Wildman–Crippen MR) is 87.6 cm³/mol. The lowest BCUT2D eigenvalue weighted by Gasteiger charge is -2.14. The van der Waals surface area contributed by atoms with Crippen LogP contribution in [0.25, 0.3) is 0 Å². The number of aromatic nitrogens is 2.